The van der Waals surface area contributed by atoms with Gasteiger partial charge in [0.25, 0.3) is 5.91 Å². The lowest BCUT2D eigenvalue weighted by Gasteiger charge is -2.20. The van der Waals surface area contributed by atoms with E-state index in [-0.39, 0.29) is 35.8 Å². The summed E-state index contributed by atoms with van der Waals surface area (Å²) in [6, 6.07) is 5.59. The molecule has 0 spiro atoms. The summed E-state index contributed by atoms with van der Waals surface area (Å²) in [7, 11) is 0. The first-order chi connectivity index (χ1) is 12.8. The number of ketones is 1. The highest BCUT2D eigenvalue weighted by Crippen LogP contribution is 2.32. The zero-order valence-corrected chi connectivity index (χ0v) is 15.7. The third kappa shape index (κ3) is 6.07. The number of benzene rings is 1. The third-order valence-corrected chi connectivity index (χ3v) is 3.75. The monoisotopic (exact) mass is 394 g/mol. The Kier molecular flexibility index (Phi) is 6.11. The predicted molar refractivity (Wildman–Crippen MR) is 97.0 cm³/mol. The Hall–Kier alpha value is -2.90. The number of nitrogens with zero attached hydrogens (tertiary/aromatic N) is 1. The molecule has 1 amide bonds. The number of phenols is 1. The second-order valence-corrected chi connectivity index (χ2v) is 7.49. The number of Topliss-reactive ketones (excluding diaryl/α,β-unsaturated/α-hetero) is 1. The Labute approximate surface area is 160 Å². The van der Waals surface area contributed by atoms with Gasteiger partial charge in [-0.1, -0.05) is 6.07 Å². The van der Waals surface area contributed by atoms with Gasteiger partial charge in [0.05, 0.1) is 5.56 Å². The average Bonchev–Trinajstić information content (AvgIpc) is 2.54. The van der Waals surface area contributed by atoms with Crippen LogP contribution in [0.4, 0.5) is 13.2 Å². The van der Waals surface area contributed by atoms with Crippen molar-refractivity contribution in [2.45, 2.75) is 45.3 Å². The zero-order chi connectivity index (χ0) is 21.1. The van der Waals surface area contributed by atoms with E-state index in [9.17, 15) is 27.9 Å². The van der Waals surface area contributed by atoms with Gasteiger partial charge in [-0.05, 0) is 50.6 Å². The minimum Gasteiger partial charge on any atom is -0.508 e. The van der Waals surface area contributed by atoms with Crippen LogP contribution in [-0.4, -0.2) is 27.3 Å². The van der Waals surface area contributed by atoms with Crippen LogP contribution in [0.5, 0.6) is 5.75 Å². The second kappa shape index (κ2) is 8.00. The number of alkyl halides is 3. The van der Waals surface area contributed by atoms with E-state index >= 15 is 0 Å². The highest BCUT2D eigenvalue weighted by atomic mass is 19.4. The molecule has 1 aromatic heterocycles. The molecule has 150 valence electrons. The van der Waals surface area contributed by atoms with Crippen molar-refractivity contribution in [1.82, 2.24) is 10.3 Å². The van der Waals surface area contributed by atoms with Gasteiger partial charge in [-0.2, -0.15) is 13.2 Å². The van der Waals surface area contributed by atoms with E-state index in [1.54, 1.807) is 6.07 Å². The summed E-state index contributed by atoms with van der Waals surface area (Å²) in [5.41, 5.74) is -0.601. The Morgan fingerprint density at radius 1 is 1.07 bits per heavy atom. The molecule has 0 aliphatic heterocycles. The molecule has 0 bridgehead atoms. The van der Waals surface area contributed by atoms with Gasteiger partial charge in [0.1, 0.15) is 17.2 Å². The van der Waals surface area contributed by atoms with Gasteiger partial charge in [0.2, 0.25) is 0 Å². The van der Waals surface area contributed by atoms with E-state index in [1.165, 1.54) is 12.3 Å². The number of nitrogens with one attached hydrogen (secondary N) is 1. The molecule has 0 saturated carbocycles. The van der Waals surface area contributed by atoms with Crippen LogP contribution in [0.15, 0.2) is 36.5 Å². The van der Waals surface area contributed by atoms with Crippen LogP contribution in [0.3, 0.4) is 0 Å². The average molecular weight is 394 g/mol. The van der Waals surface area contributed by atoms with Crippen LogP contribution in [0.2, 0.25) is 0 Å². The van der Waals surface area contributed by atoms with Crippen molar-refractivity contribution in [3.05, 3.63) is 58.9 Å². The number of amides is 1. The number of carbonyl (C=O) groups excluding carboxylic acids is 2. The molecule has 1 heterocycles. The lowest BCUT2D eigenvalue weighted by molar-refractivity contribution is -0.137. The second-order valence-electron chi connectivity index (χ2n) is 7.49. The molecular weight excluding hydrogens is 373 g/mol. The number of carbonyl (C=O) groups is 2. The number of phenolic OH excluding ortho intramolecular Hbond substituents is 1. The normalized spacial score (nSPS) is 11.9. The highest BCUT2D eigenvalue weighted by Gasteiger charge is 2.31. The van der Waals surface area contributed by atoms with Crippen molar-refractivity contribution in [2.24, 2.45) is 0 Å². The Balaban J connectivity index is 2.08. The number of aromatic nitrogens is 1. The molecule has 0 aliphatic carbocycles. The molecule has 0 aliphatic rings. The van der Waals surface area contributed by atoms with Gasteiger partial charge >= 0.3 is 6.18 Å². The van der Waals surface area contributed by atoms with Gasteiger partial charge in [-0.25, -0.2) is 0 Å². The van der Waals surface area contributed by atoms with Gasteiger partial charge in [0.15, 0.2) is 0 Å². The fraction of sp³-hybridized carbons (Fsp3) is 0.350. The topological polar surface area (TPSA) is 79.3 Å². The summed E-state index contributed by atoms with van der Waals surface area (Å²) in [6.07, 6.45) is -3.43. The molecule has 0 radical (unpaired) electrons. The summed E-state index contributed by atoms with van der Waals surface area (Å²) in [6.45, 7) is 5.48. The molecule has 1 aromatic carbocycles. The van der Waals surface area contributed by atoms with Crippen molar-refractivity contribution in [1.29, 1.82) is 0 Å². The number of hydrogen-bond acceptors (Lipinski definition) is 4. The van der Waals surface area contributed by atoms with E-state index in [1.807, 2.05) is 20.8 Å². The minimum absolute atomic E-state index is 0.0429. The number of hydrogen-bond donors (Lipinski definition) is 2. The SMILES string of the molecule is CC(C)(C)NC(=O)c1cc(CC(=O)Cc2ccc(C(F)(F)F)cc2O)ccn1. The summed E-state index contributed by atoms with van der Waals surface area (Å²) in [5, 5.41) is 12.5. The maximum absolute atomic E-state index is 12.6. The quantitative estimate of drug-likeness (QED) is 0.811. The maximum Gasteiger partial charge on any atom is 0.416 e. The molecule has 2 N–H and O–H groups in total. The fourth-order valence-electron chi connectivity index (χ4n) is 2.51. The van der Waals surface area contributed by atoms with Crippen molar-refractivity contribution in [2.75, 3.05) is 0 Å². The molecular formula is C20H21F3N2O3. The lowest BCUT2D eigenvalue weighted by atomic mass is 10.0. The van der Waals surface area contributed by atoms with E-state index in [2.05, 4.69) is 10.3 Å². The van der Waals surface area contributed by atoms with E-state index < -0.39 is 23.0 Å². The minimum atomic E-state index is -4.57. The van der Waals surface area contributed by atoms with Crippen LogP contribution in [-0.2, 0) is 23.8 Å². The molecule has 2 rings (SSSR count). The Morgan fingerprint density at radius 2 is 1.75 bits per heavy atom. The zero-order valence-electron chi connectivity index (χ0n) is 15.7. The molecule has 0 saturated heterocycles. The summed E-state index contributed by atoms with van der Waals surface area (Å²) in [5.74, 6) is -1.27. The molecule has 2 aromatic rings. The van der Waals surface area contributed by atoms with Crippen LogP contribution in [0.25, 0.3) is 0 Å². The van der Waals surface area contributed by atoms with E-state index in [0.717, 1.165) is 12.1 Å². The fourth-order valence-corrected chi connectivity index (χ4v) is 2.51. The maximum atomic E-state index is 12.6. The van der Waals surface area contributed by atoms with Crippen molar-refractivity contribution in [3.63, 3.8) is 0 Å². The Bertz CT molecular complexity index is 887. The number of aromatic hydroxyl groups is 1. The molecule has 28 heavy (non-hydrogen) atoms. The van der Waals surface area contributed by atoms with Crippen LogP contribution >= 0.6 is 0 Å². The van der Waals surface area contributed by atoms with Crippen molar-refractivity contribution >= 4 is 11.7 Å². The molecule has 0 atom stereocenters. The summed E-state index contributed by atoms with van der Waals surface area (Å²) >= 11 is 0. The van der Waals surface area contributed by atoms with Crippen LogP contribution in [0.1, 0.15) is 48.0 Å². The number of pyridine rings is 1. The van der Waals surface area contributed by atoms with Gasteiger partial charge in [0, 0.05) is 30.1 Å². The van der Waals surface area contributed by atoms with E-state index in [4.69, 9.17) is 0 Å². The number of rotatable bonds is 5. The molecule has 0 fully saturated rings. The van der Waals surface area contributed by atoms with Crippen LogP contribution < -0.4 is 5.32 Å². The first-order valence-corrected chi connectivity index (χ1v) is 8.53. The predicted octanol–water partition coefficient (Wildman–Crippen LogP) is 3.69. The summed E-state index contributed by atoms with van der Waals surface area (Å²) in [4.78, 5) is 28.4. The van der Waals surface area contributed by atoms with Crippen molar-refractivity contribution < 1.29 is 27.9 Å². The van der Waals surface area contributed by atoms with Gasteiger partial charge in [-0.3, -0.25) is 14.6 Å². The molecule has 0 unspecified atom stereocenters. The highest BCUT2D eigenvalue weighted by molar-refractivity contribution is 5.93. The van der Waals surface area contributed by atoms with Gasteiger partial charge in [-0.15, -0.1) is 0 Å². The first kappa shape index (κ1) is 21.4. The third-order valence-electron chi connectivity index (χ3n) is 3.75. The first-order valence-electron chi connectivity index (χ1n) is 8.53. The Morgan fingerprint density at radius 3 is 2.32 bits per heavy atom. The van der Waals surface area contributed by atoms with Gasteiger partial charge < -0.3 is 10.4 Å². The lowest BCUT2D eigenvalue weighted by Crippen LogP contribution is -2.40. The largest absolute Gasteiger partial charge is 0.508 e. The molecule has 5 nitrogen and oxygen atoms in total. The summed E-state index contributed by atoms with van der Waals surface area (Å²) < 4.78 is 37.9. The number of halogens is 3. The van der Waals surface area contributed by atoms with Crippen molar-refractivity contribution in [3.8, 4) is 5.75 Å². The standard InChI is InChI=1S/C20H21F3N2O3/c1-19(2,3)25-18(28)16-9-12(6-7-24-16)8-15(26)10-13-4-5-14(11-17(13)27)20(21,22)23/h4-7,9,11,27H,8,10H2,1-3H3,(H,25,28). The molecule has 8 heteroatoms. The van der Waals surface area contributed by atoms with Crippen LogP contribution in [0, 0.1) is 0 Å². The van der Waals surface area contributed by atoms with E-state index in [0.29, 0.717) is 11.6 Å². The smallest absolute Gasteiger partial charge is 0.416 e.